The summed E-state index contributed by atoms with van der Waals surface area (Å²) in [6.07, 6.45) is 0. The van der Waals surface area contributed by atoms with Crippen molar-refractivity contribution in [3.05, 3.63) is 46.7 Å². The van der Waals surface area contributed by atoms with E-state index in [1.807, 2.05) is 6.92 Å². The molecule has 134 valence electrons. The first-order valence-corrected chi connectivity index (χ1v) is 9.66. The van der Waals surface area contributed by atoms with E-state index in [2.05, 4.69) is 5.10 Å². The monoisotopic (exact) mass is 382 g/mol. The second-order valence-corrected chi connectivity index (χ2v) is 8.32. The van der Waals surface area contributed by atoms with Gasteiger partial charge in [-0.15, -0.1) is 0 Å². The first-order valence-electron chi connectivity index (χ1n) is 7.84. The van der Waals surface area contributed by atoms with Gasteiger partial charge in [0.15, 0.2) is 0 Å². The first kappa shape index (κ1) is 17.9. The van der Waals surface area contributed by atoms with Crippen LogP contribution in [0.2, 0.25) is 5.02 Å². The smallest absolute Gasteiger partial charge is 0.272 e. The Kier molecular flexibility index (Phi) is 4.86. The third kappa shape index (κ3) is 3.56. The van der Waals surface area contributed by atoms with Crippen LogP contribution in [0.15, 0.2) is 35.2 Å². The summed E-state index contributed by atoms with van der Waals surface area (Å²) < 4.78 is 28.3. The van der Waals surface area contributed by atoms with Crippen molar-refractivity contribution in [1.29, 1.82) is 0 Å². The summed E-state index contributed by atoms with van der Waals surface area (Å²) >= 11 is 5.90. The molecule has 1 aliphatic rings. The van der Waals surface area contributed by atoms with Crippen molar-refractivity contribution >= 4 is 27.5 Å². The van der Waals surface area contributed by atoms with Crippen LogP contribution in [0.5, 0.6) is 0 Å². The van der Waals surface area contributed by atoms with Gasteiger partial charge in [-0.2, -0.15) is 9.40 Å². The Morgan fingerprint density at radius 1 is 1.16 bits per heavy atom. The molecule has 25 heavy (non-hydrogen) atoms. The SMILES string of the molecule is Cc1cc(C(=O)N2CCN(S(=O)(=O)c3cccc(Cl)c3)CC2)n(C)n1. The van der Waals surface area contributed by atoms with Crippen molar-refractivity contribution in [2.45, 2.75) is 11.8 Å². The fourth-order valence-electron chi connectivity index (χ4n) is 2.88. The Bertz CT molecular complexity index is 902. The van der Waals surface area contributed by atoms with Gasteiger partial charge in [0.2, 0.25) is 10.0 Å². The minimum absolute atomic E-state index is 0.136. The molecule has 0 atom stereocenters. The third-order valence-corrected chi connectivity index (χ3v) is 6.31. The van der Waals surface area contributed by atoms with E-state index in [0.717, 1.165) is 5.69 Å². The standard InChI is InChI=1S/C16H19ClN4O3S/c1-12-10-15(19(2)18-12)16(22)20-6-8-21(9-7-20)25(23,24)14-5-3-4-13(17)11-14/h3-5,10-11H,6-9H2,1-2H3. The van der Waals surface area contributed by atoms with E-state index in [4.69, 9.17) is 11.6 Å². The van der Waals surface area contributed by atoms with Crippen LogP contribution in [-0.4, -0.2) is 59.5 Å². The zero-order valence-corrected chi connectivity index (χ0v) is 15.6. The summed E-state index contributed by atoms with van der Waals surface area (Å²) in [4.78, 5) is 14.4. The number of carbonyl (C=O) groups excluding carboxylic acids is 1. The summed E-state index contributed by atoms with van der Waals surface area (Å²) in [5.41, 5.74) is 1.27. The Balaban J connectivity index is 1.71. The molecular weight excluding hydrogens is 364 g/mol. The molecule has 1 aliphatic heterocycles. The van der Waals surface area contributed by atoms with E-state index in [1.54, 1.807) is 34.8 Å². The lowest BCUT2D eigenvalue weighted by Crippen LogP contribution is -2.50. The molecule has 0 bridgehead atoms. The molecule has 1 aromatic carbocycles. The second-order valence-electron chi connectivity index (χ2n) is 5.95. The molecule has 2 heterocycles. The van der Waals surface area contributed by atoms with E-state index >= 15 is 0 Å². The number of hydrogen-bond donors (Lipinski definition) is 0. The molecule has 3 rings (SSSR count). The maximum Gasteiger partial charge on any atom is 0.272 e. The number of rotatable bonds is 3. The molecule has 0 saturated carbocycles. The molecule has 0 unspecified atom stereocenters. The number of aromatic nitrogens is 2. The number of aryl methyl sites for hydroxylation is 2. The number of benzene rings is 1. The van der Waals surface area contributed by atoms with E-state index in [9.17, 15) is 13.2 Å². The first-order chi connectivity index (χ1) is 11.8. The van der Waals surface area contributed by atoms with Crippen LogP contribution in [0.4, 0.5) is 0 Å². The van der Waals surface area contributed by atoms with E-state index in [-0.39, 0.29) is 23.9 Å². The molecule has 0 aliphatic carbocycles. The molecule has 1 fully saturated rings. The molecule has 1 aromatic heterocycles. The highest BCUT2D eigenvalue weighted by molar-refractivity contribution is 7.89. The molecule has 2 aromatic rings. The quantitative estimate of drug-likeness (QED) is 0.806. The van der Waals surface area contributed by atoms with Crippen molar-refractivity contribution in [3.63, 3.8) is 0 Å². The summed E-state index contributed by atoms with van der Waals surface area (Å²) in [6, 6.07) is 7.94. The van der Waals surface area contributed by atoms with Gasteiger partial charge in [0.05, 0.1) is 10.6 Å². The predicted octanol–water partition coefficient (Wildman–Crippen LogP) is 1.53. The zero-order valence-electron chi connectivity index (χ0n) is 14.0. The van der Waals surface area contributed by atoms with Gasteiger partial charge in [0, 0.05) is 38.2 Å². The summed E-state index contributed by atoms with van der Waals surface area (Å²) in [7, 11) is -1.89. The van der Waals surface area contributed by atoms with Crippen LogP contribution in [0, 0.1) is 6.92 Å². The van der Waals surface area contributed by atoms with Crippen molar-refractivity contribution < 1.29 is 13.2 Å². The zero-order chi connectivity index (χ0) is 18.2. The highest BCUT2D eigenvalue weighted by Crippen LogP contribution is 2.21. The highest BCUT2D eigenvalue weighted by atomic mass is 35.5. The van der Waals surface area contributed by atoms with Crippen LogP contribution in [0.1, 0.15) is 16.2 Å². The largest absolute Gasteiger partial charge is 0.335 e. The fourth-order valence-corrected chi connectivity index (χ4v) is 4.60. The number of sulfonamides is 1. The Morgan fingerprint density at radius 2 is 1.84 bits per heavy atom. The number of hydrogen-bond acceptors (Lipinski definition) is 4. The Morgan fingerprint density at radius 3 is 2.40 bits per heavy atom. The summed E-state index contributed by atoms with van der Waals surface area (Å²) in [5.74, 6) is -0.136. The topological polar surface area (TPSA) is 75.5 Å². The van der Waals surface area contributed by atoms with E-state index < -0.39 is 10.0 Å². The summed E-state index contributed by atoms with van der Waals surface area (Å²) in [5, 5.41) is 4.56. The molecule has 0 radical (unpaired) electrons. The fraction of sp³-hybridized carbons (Fsp3) is 0.375. The average Bonchev–Trinajstić information content (AvgIpc) is 2.92. The van der Waals surface area contributed by atoms with Gasteiger partial charge in [0.1, 0.15) is 5.69 Å². The van der Waals surface area contributed by atoms with Crippen molar-refractivity contribution in [2.24, 2.45) is 7.05 Å². The van der Waals surface area contributed by atoms with Crippen LogP contribution in [0.3, 0.4) is 0 Å². The van der Waals surface area contributed by atoms with Crippen LogP contribution in [0.25, 0.3) is 0 Å². The van der Waals surface area contributed by atoms with Gasteiger partial charge in [-0.05, 0) is 31.2 Å². The average molecular weight is 383 g/mol. The molecule has 9 heteroatoms. The van der Waals surface area contributed by atoms with Gasteiger partial charge in [-0.1, -0.05) is 17.7 Å². The number of amides is 1. The minimum atomic E-state index is -3.61. The van der Waals surface area contributed by atoms with Crippen molar-refractivity contribution in [1.82, 2.24) is 19.0 Å². The van der Waals surface area contributed by atoms with Gasteiger partial charge >= 0.3 is 0 Å². The van der Waals surface area contributed by atoms with Crippen molar-refractivity contribution in [2.75, 3.05) is 26.2 Å². The number of piperazine rings is 1. The number of carbonyl (C=O) groups is 1. The highest BCUT2D eigenvalue weighted by Gasteiger charge is 2.31. The molecule has 7 nitrogen and oxygen atoms in total. The summed E-state index contributed by atoms with van der Waals surface area (Å²) in [6.45, 7) is 2.99. The lowest BCUT2D eigenvalue weighted by Gasteiger charge is -2.34. The van der Waals surface area contributed by atoms with Crippen LogP contribution < -0.4 is 0 Å². The maximum absolute atomic E-state index is 12.7. The van der Waals surface area contributed by atoms with E-state index in [1.165, 1.54) is 16.4 Å². The predicted molar refractivity (Wildman–Crippen MR) is 94.1 cm³/mol. The lowest BCUT2D eigenvalue weighted by atomic mass is 10.3. The van der Waals surface area contributed by atoms with E-state index in [0.29, 0.717) is 23.8 Å². The second kappa shape index (κ2) is 6.78. The van der Waals surface area contributed by atoms with Crippen LogP contribution >= 0.6 is 11.6 Å². The van der Waals surface area contributed by atoms with Crippen molar-refractivity contribution in [3.8, 4) is 0 Å². The van der Waals surface area contributed by atoms with Crippen LogP contribution in [-0.2, 0) is 17.1 Å². The van der Waals surface area contributed by atoms with Gasteiger partial charge in [-0.25, -0.2) is 8.42 Å². The third-order valence-electron chi connectivity index (χ3n) is 4.18. The minimum Gasteiger partial charge on any atom is -0.335 e. The Hall–Kier alpha value is -1.90. The number of nitrogens with zero attached hydrogens (tertiary/aromatic N) is 4. The molecule has 0 spiro atoms. The molecule has 0 N–H and O–H groups in total. The molecule has 1 amide bonds. The van der Waals surface area contributed by atoms with Gasteiger partial charge in [-0.3, -0.25) is 9.48 Å². The van der Waals surface area contributed by atoms with Gasteiger partial charge in [0.25, 0.3) is 5.91 Å². The normalized spacial score (nSPS) is 16.2. The number of halogens is 1. The molecular formula is C16H19ClN4O3S. The Labute approximate surface area is 151 Å². The maximum atomic E-state index is 12.7. The van der Waals surface area contributed by atoms with Gasteiger partial charge < -0.3 is 4.90 Å². The lowest BCUT2D eigenvalue weighted by molar-refractivity contribution is 0.0687. The molecule has 1 saturated heterocycles.